The summed E-state index contributed by atoms with van der Waals surface area (Å²) in [5, 5.41) is 3.33. The number of furan rings is 1. The van der Waals surface area contributed by atoms with Crippen LogP contribution in [0, 0.1) is 11.6 Å². The average Bonchev–Trinajstić information content (AvgIpc) is 3.28. The van der Waals surface area contributed by atoms with Gasteiger partial charge >= 0.3 is 0 Å². The molecule has 7 heteroatoms. The van der Waals surface area contributed by atoms with E-state index >= 15 is 0 Å². The maximum atomic E-state index is 13.9. The predicted octanol–water partition coefficient (Wildman–Crippen LogP) is 5.33. The van der Waals surface area contributed by atoms with Crippen LogP contribution in [0.2, 0.25) is 0 Å². The Balaban J connectivity index is 1.53. The number of benzene rings is 2. The lowest BCUT2D eigenvalue weighted by Gasteiger charge is -2.14. The molecular weight excluding hydrogens is 370 g/mol. The summed E-state index contributed by atoms with van der Waals surface area (Å²) < 4.78 is 33.5. The van der Waals surface area contributed by atoms with Crippen LogP contribution in [0.4, 0.5) is 8.78 Å². The molecular formula is C20H14F2N2O2S. The van der Waals surface area contributed by atoms with E-state index in [1.54, 1.807) is 19.1 Å². The van der Waals surface area contributed by atoms with Gasteiger partial charge in [0.15, 0.2) is 16.5 Å². The number of aromatic nitrogens is 1. The molecule has 0 aliphatic carbocycles. The normalized spacial score (nSPS) is 12.3. The molecule has 0 radical (unpaired) electrons. The van der Waals surface area contributed by atoms with Gasteiger partial charge in [0.05, 0.1) is 16.3 Å². The number of nitrogens with zero attached hydrogens (tertiary/aromatic N) is 1. The first-order valence-electron chi connectivity index (χ1n) is 8.23. The number of carbonyl (C=O) groups excluding carboxylic acids is 1. The van der Waals surface area contributed by atoms with Gasteiger partial charge in [-0.1, -0.05) is 18.2 Å². The molecule has 0 saturated carbocycles. The molecule has 136 valence electrons. The van der Waals surface area contributed by atoms with E-state index < -0.39 is 23.6 Å². The molecule has 0 fully saturated rings. The molecule has 2 aromatic heterocycles. The highest BCUT2D eigenvalue weighted by molar-refractivity contribution is 7.21. The lowest BCUT2D eigenvalue weighted by atomic mass is 10.1. The molecule has 4 aromatic rings. The van der Waals surface area contributed by atoms with Crippen molar-refractivity contribution < 1.29 is 18.0 Å². The number of para-hydroxylation sites is 1. The second-order valence-electron chi connectivity index (χ2n) is 6.01. The quantitative estimate of drug-likeness (QED) is 0.518. The Bertz CT molecular complexity index is 1100. The summed E-state index contributed by atoms with van der Waals surface area (Å²) in [6, 6.07) is 13.5. The molecule has 1 amide bonds. The number of amides is 1. The van der Waals surface area contributed by atoms with Crippen molar-refractivity contribution in [2.24, 2.45) is 0 Å². The van der Waals surface area contributed by atoms with Gasteiger partial charge in [-0.3, -0.25) is 4.79 Å². The Morgan fingerprint density at radius 1 is 1.15 bits per heavy atom. The summed E-state index contributed by atoms with van der Waals surface area (Å²) >= 11 is 1.47. The number of halogens is 2. The Labute approximate surface area is 157 Å². The van der Waals surface area contributed by atoms with Gasteiger partial charge in [-0.15, -0.1) is 11.3 Å². The monoisotopic (exact) mass is 384 g/mol. The molecule has 2 heterocycles. The number of carbonyl (C=O) groups is 1. The Hall–Kier alpha value is -3.06. The number of hydrogen-bond donors (Lipinski definition) is 1. The summed E-state index contributed by atoms with van der Waals surface area (Å²) in [6.45, 7) is 1.62. The molecule has 1 unspecified atom stereocenters. The average molecular weight is 384 g/mol. The van der Waals surface area contributed by atoms with Crippen molar-refractivity contribution in [2.45, 2.75) is 13.0 Å². The fraction of sp³-hybridized carbons (Fsp3) is 0.100. The molecule has 0 aliphatic heterocycles. The third kappa shape index (κ3) is 3.46. The summed E-state index contributed by atoms with van der Waals surface area (Å²) in [7, 11) is 0. The minimum atomic E-state index is -0.711. The van der Waals surface area contributed by atoms with Crippen molar-refractivity contribution in [3.05, 3.63) is 77.6 Å². The van der Waals surface area contributed by atoms with Crippen molar-refractivity contribution in [1.29, 1.82) is 0 Å². The van der Waals surface area contributed by atoms with Gasteiger partial charge in [-0.25, -0.2) is 13.8 Å². The maximum Gasteiger partial charge on any atom is 0.287 e. The van der Waals surface area contributed by atoms with E-state index in [1.807, 2.05) is 24.3 Å². The van der Waals surface area contributed by atoms with Gasteiger partial charge in [-0.05, 0) is 37.3 Å². The zero-order valence-corrected chi connectivity index (χ0v) is 15.0. The van der Waals surface area contributed by atoms with E-state index in [0.29, 0.717) is 10.8 Å². The van der Waals surface area contributed by atoms with Crippen LogP contribution in [0.15, 0.2) is 59.0 Å². The van der Waals surface area contributed by atoms with Gasteiger partial charge in [0.1, 0.15) is 11.6 Å². The van der Waals surface area contributed by atoms with E-state index in [-0.39, 0.29) is 11.3 Å². The summed E-state index contributed by atoms with van der Waals surface area (Å²) in [4.78, 5) is 16.9. The van der Waals surface area contributed by atoms with Crippen LogP contribution in [0.25, 0.3) is 21.0 Å². The smallest absolute Gasteiger partial charge is 0.287 e. The lowest BCUT2D eigenvalue weighted by molar-refractivity contribution is 0.0912. The van der Waals surface area contributed by atoms with Crippen LogP contribution in [0.5, 0.6) is 0 Å². The van der Waals surface area contributed by atoms with E-state index in [1.165, 1.54) is 17.4 Å². The highest BCUT2D eigenvalue weighted by Crippen LogP contribution is 2.31. The van der Waals surface area contributed by atoms with E-state index in [2.05, 4.69) is 10.3 Å². The Morgan fingerprint density at radius 2 is 1.96 bits per heavy atom. The molecule has 1 N–H and O–H groups in total. The van der Waals surface area contributed by atoms with Crippen LogP contribution in [0.3, 0.4) is 0 Å². The van der Waals surface area contributed by atoms with Gasteiger partial charge < -0.3 is 9.73 Å². The zero-order valence-electron chi connectivity index (χ0n) is 14.2. The molecule has 4 nitrogen and oxygen atoms in total. The van der Waals surface area contributed by atoms with Crippen LogP contribution in [-0.4, -0.2) is 10.9 Å². The minimum absolute atomic E-state index is 0.0959. The van der Waals surface area contributed by atoms with Gasteiger partial charge in [0.25, 0.3) is 5.91 Å². The number of thiazole rings is 1. The van der Waals surface area contributed by atoms with Crippen LogP contribution >= 0.6 is 11.3 Å². The number of nitrogens with one attached hydrogen (secondary N) is 1. The fourth-order valence-electron chi connectivity index (χ4n) is 2.75. The van der Waals surface area contributed by atoms with E-state index in [0.717, 1.165) is 22.3 Å². The van der Waals surface area contributed by atoms with E-state index in [9.17, 15) is 13.6 Å². The minimum Gasteiger partial charge on any atom is -0.448 e. The van der Waals surface area contributed by atoms with Crippen molar-refractivity contribution >= 4 is 27.5 Å². The van der Waals surface area contributed by atoms with Crippen molar-refractivity contribution in [3.63, 3.8) is 0 Å². The molecule has 0 spiro atoms. The van der Waals surface area contributed by atoms with Crippen LogP contribution in [-0.2, 0) is 0 Å². The number of hydrogen-bond acceptors (Lipinski definition) is 4. The largest absolute Gasteiger partial charge is 0.448 e. The number of fused-ring (bicyclic) bond motifs is 1. The highest BCUT2D eigenvalue weighted by atomic mass is 32.1. The van der Waals surface area contributed by atoms with Gasteiger partial charge in [0, 0.05) is 11.6 Å². The second kappa shape index (κ2) is 6.92. The van der Waals surface area contributed by atoms with Crippen molar-refractivity contribution in [2.75, 3.05) is 0 Å². The van der Waals surface area contributed by atoms with Gasteiger partial charge in [-0.2, -0.15) is 0 Å². The second-order valence-corrected chi connectivity index (χ2v) is 7.04. The molecule has 1 atom stereocenters. The van der Waals surface area contributed by atoms with Crippen LogP contribution in [0.1, 0.15) is 29.1 Å². The van der Waals surface area contributed by atoms with Crippen LogP contribution < -0.4 is 5.32 Å². The Kier molecular flexibility index (Phi) is 4.45. The molecule has 4 rings (SSSR count). The zero-order chi connectivity index (χ0) is 19.0. The molecule has 2 aromatic carbocycles. The summed E-state index contributed by atoms with van der Waals surface area (Å²) in [5.74, 6) is -1.28. The lowest BCUT2D eigenvalue weighted by Crippen LogP contribution is -2.26. The third-order valence-corrected chi connectivity index (χ3v) is 5.16. The predicted molar refractivity (Wildman–Crippen MR) is 99.6 cm³/mol. The standard InChI is InChI=1S/C20H14F2N2O2S/c1-11(13-7-6-12(21)10-14(13)22)23-19(25)16-8-9-17(26-16)20-24-15-4-2-3-5-18(15)27-20/h2-11H,1H3,(H,23,25). The Morgan fingerprint density at radius 3 is 2.74 bits per heavy atom. The van der Waals surface area contributed by atoms with Gasteiger partial charge in [0.2, 0.25) is 0 Å². The maximum absolute atomic E-state index is 13.9. The summed E-state index contributed by atoms with van der Waals surface area (Å²) in [5.41, 5.74) is 1.06. The third-order valence-electron chi connectivity index (χ3n) is 4.11. The molecule has 0 aliphatic rings. The first-order chi connectivity index (χ1) is 13.0. The fourth-order valence-corrected chi connectivity index (χ4v) is 3.68. The summed E-state index contributed by atoms with van der Waals surface area (Å²) in [6.07, 6.45) is 0. The first-order valence-corrected chi connectivity index (χ1v) is 9.04. The van der Waals surface area contributed by atoms with E-state index in [4.69, 9.17) is 4.42 Å². The van der Waals surface area contributed by atoms with Crippen molar-refractivity contribution in [1.82, 2.24) is 10.3 Å². The topological polar surface area (TPSA) is 55.1 Å². The first kappa shape index (κ1) is 17.4. The number of rotatable bonds is 4. The highest BCUT2D eigenvalue weighted by Gasteiger charge is 2.19. The van der Waals surface area contributed by atoms with Crippen molar-refractivity contribution in [3.8, 4) is 10.8 Å². The molecule has 0 bridgehead atoms. The molecule has 27 heavy (non-hydrogen) atoms. The molecule has 0 saturated heterocycles. The SMILES string of the molecule is CC(NC(=O)c1ccc(-c2nc3ccccc3s2)o1)c1ccc(F)cc1F.